The molecule has 0 aliphatic rings. The summed E-state index contributed by atoms with van der Waals surface area (Å²) in [5.41, 5.74) is 1.03. The Bertz CT molecular complexity index is 1180. The van der Waals surface area contributed by atoms with Crippen LogP contribution in [-0.2, 0) is 6.54 Å². The van der Waals surface area contributed by atoms with Crippen LogP contribution < -0.4 is 25.0 Å². The number of carbonyl (C=O) groups excluding carboxylic acids is 1. The van der Waals surface area contributed by atoms with Gasteiger partial charge in [-0.1, -0.05) is 23.7 Å². The van der Waals surface area contributed by atoms with E-state index in [1.807, 2.05) is 0 Å². The zero-order valence-corrected chi connectivity index (χ0v) is 18.3. The van der Waals surface area contributed by atoms with Gasteiger partial charge in [0.15, 0.2) is 17.2 Å². The van der Waals surface area contributed by atoms with E-state index in [1.165, 1.54) is 32.1 Å². The third-order valence-electron chi connectivity index (χ3n) is 4.63. The van der Waals surface area contributed by atoms with Crippen LogP contribution in [-0.4, -0.2) is 37.0 Å². The van der Waals surface area contributed by atoms with Gasteiger partial charge < -0.3 is 19.5 Å². The summed E-state index contributed by atoms with van der Waals surface area (Å²) in [6, 6.07) is 11.7. The van der Waals surface area contributed by atoms with Gasteiger partial charge in [0, 0.05) is 29.9 Å². The monoisotopic (exact) mass is 443 g/mol. The fourth-order valence-corrected chi connectivity index (χ4v) is 3.28. The van der Waals surface area contributed by atoms with Crippen LogP contribution in [0.5, 0.6) is 17.2 Å². The maximum Gasteiger partial charge on any atom is 0.276 e. The van der Waals surface area contributed by atoms with E-state index in [9.17, 15) is 9.59 Å². The maximum atomic E-state index is 12.8. The summed E-state index contributed by atoms with van der Waals surface area (Å²) < 4.78 is 17.4. The van der Waals surface area contributed by atoms with E-state index >= 15 is 0 Å². The van der Waals surface area contributed by atoms with Crippen LogP contribution in [0.25, 0.3) is 5.69 Å². The van der Waals surface area contributed by atoms with Gasteiger partial charge in [0.1, 0.15) is 5.75 Å². The van der Waals surface area contributed by atoms with Crippen molar-refractivity contribution in [3.8, 4) is 22.9 Å². The van der Waals surface area contributed by atoms with Gasteiger partial charge in [0.2, 0.25) is 5.43 Å². The Morgan fingerprint density at radius 1 is 1.03 bits per heavy atom. The van der Waals surface area contributed by atoms with Crippen LogP contribution in [0.4, 0.5) is 0 Å². The molecule has 0 radical (unpaired) electrons. The molecule has 0 saturated carbocycles. The van der Waals surface area contributed by atoms with Crippen LogP contribution in [0, 0.1) is 6.92 Å². The smallest absolute Gasteiger partial charge is 0.276 e. The second-order valence-corrected chi connectivity index (χ2v) is 6.97. The number of aromatic nitrogens is 2. The molecule has 1 heterocycles. The van der Waals surface area contributed by atoms with Crippen LogP contribution in [0.1, 0.15) is 21.7 Å². The zero-order chi connectivity index (χ0) is 22.5. The lowest BCUT2D eigenvalue weighted by atomic mass is 10.1. The van der Waals surface area contributed by atoms with Gasteiger partial charge in [-0.15, -0.1) is 0 Å². The number of halogens is 1. The van der Waals surface area contributed by atoms with Crippen LogP contribution >= 0.6 is 11.6 Å². The van der Waals surface area contributed by atoms with Crippen molar-refractivity contribution in [2.75, 3.05) is 21.3 Å². The first-order valence-corrected chi connectivity index (χ1v) is 9.70. The molecule has 0 spiro atoms. The Morgan fingerprint density at radius 3 is 2.32 bits per heavy atom. The van der Waals surface area contributed by atoms with Crippen LogP contribution in [0.15, 0.2) is 47.3 Å². The van der Waals surface area contributed by atoms with Gasteiger partial charge >= 0.3 is 0 Å². The molecule has 162 valence electrons. The minimum Gasteiger partial charge on any atom is -0.496 e. The Balaban J connectivity index is 1.91. The Hall–Kier alpha value is -3.52. The number of nitrogens with zero attached hydrogens (tertiary/aromatic N) is 2. The molecule has 8 nitrogen and oxygen atoms in total. The highest BCUT2D eigenvalue weighted by Crippen LogP contribution is 2.34. The van der Waals surface area contributed by atoms with Gasteiger partial charge in [0.25, 0.3) is 5.91 Å². The number of para-hydroxylation sites is 1. The summed E-state index contributed by atoms with van der Waals surface area (Å²) >= 11 is 6.25. The fourth-order valence-electron chi connectivity index (χ4n) is 3.06. The molecule has 1 aromatic heterocycles. The predicted molar refractivity (Wildman–Crippen MR) is 117 cm³/mol. The molecule has 0 unspecified atom stereocenters. The molecule has 0 saturated heterocycles. The molecular formula is C22H22ClN3O5. The number of hydrogen-bond acceptors (Lipinski definition) is 6. The SMILES string of the molecule is COc1cc(OC)c(OC)cc1CNC(=O)c1nn(-c2ccccc2Cl)c(C)cc1=O. The van der Waals surface area contributed by atoms with Crippen molar-refractivity contribution in [1.82, 2.24) is 15.1 Å². The van der Waals surface area contributed by atoms with E-state index in [-0.39, 0.29) is 12.2 Å². The van der Waals surface area contributed by atoms with Gasteiger partial charge in [-0.2, -0.15) is 5.10 Å². The molecule has 1 N–H and O–H groups in total. The summed E-state index contributed by atoms with van der Waals surface area (Å²) in [6.45, 7) is 1.80. The molecule has 0 atom stereocenters. The number of methoxy groups -OCH3 is 3. The number of nitrogens with one attached hydrogen (secondary N) is 1. The maximum absolute atomic E-state index is 12.8. The molecule has 1 amide bonds. The largest absolute Gasteiger partial charge is 0.496 e. The van der Waals surface area contributed by atoms with Gasteiger partial charge in [0.05, 0.1) is 32.0 Å². The zero-order valence-electron chi connectivity index (χ0n) is 17.6. The molecular weight excluding hydrogens is 422 g/mol. The number of aryl methyl sites for hydroxylation is 1. The molecule has 2 aromatic carbocycles. The summed E-state index contributed by atoms with van der Waals surface area (Å²) in [5.74, 6) is 0.866. The summed E-state index contributed by atoms with van der Waals surface area (Å²) in [4.78, 5) is 25.2. The summed E-state index contributed by atoms with van der Waals surface area (Å²) in [5, 5.41) is 7.41. The molecule has 3 aromatic rings. The lowest BCUT2D eigenvalue weighted by molar-refractivity contribution is 0.0942. The standard InChI is InChI=1S/C22H22ClN3O5/c1-13-9-17(27)21(25-26(13)16-8-6-5-7-15(16)23)22(28)24-12-14-10-19(30-3)20(31-4)11-18(14)29-2/h5-11H,12H2,1-4H3,(H,24,28). The number of rotatable bonds is 7. The van der Waals surface area contributed by atoms with E-state index in [4.69, 9.17) is 25.8 Å². The average molecular weight is 444 g/mol. The minimum atomic E-state index is -0.623. The number of benzene rings is 2. The van der Waals surface area contributed by atoms with E-state index < -0.39 is 11.3 Å². The van der Waals surface area contributed by atoms with Gasteiger partial charge in [-0.05, 0) is 25.1 Å². The molecule has 9 heteroatoms. The van der Waals surface area contributed by atoms with E-state index in [2.05, 4.69) is 10.4 Å². The lowest BCUT2D eigenvalue weighted by Gasteiger charge is -2.15. The number of ether oxygens (including phenoxy) is 3. The van der Waals surface area contributed by atoms with E-state index in [0.717, 1.165) is 0 Å². The van der Waals surface area contributed by atoms with Gasteiger partial charge in [-0.25, -0.2) is 4.68 Å². The first kappa shape index (κ1) is 22.2. The van der Waals surface area contributed by atoms with E-state index in [1.54, 1.807) is 43.3 Å². The number of carbonyl (C=O) groups is 1. The minimum absolute atomic E-state index is 0.0868. The van der Waals surface area contributed by atoms with Crippen molar-refractivity contribution in [1.29, 1.82) is 0 Å². The fraction of sp³-hybridized carbons (Fsp3) is 0.227. The van der Waals surface area contributed by atoms with Crippen molar-refractivity contribution in [2.24, 2.45) is 0 Å². The summed E-state index contributed by atoms with van der Waals surface area (Å²) in [6.07, 6.45) is 0. The number of amides is 1. The second-order valence-electron chi connectivity index (χ2n) is 6.56. The molecule has 0 fully saturated rings. The lowest BCUT2D eigenvalue weighted by Crippen LogP contribution is -2.31. The predicted octanol–water partition coefficient (Wildman–Crippen LogP) is 3.15. The van der Waals surface area contributed by atoms with Crippen molar-refractivity contribution in [3.63, 3.8) is 0 Å². The quantitative estimate of drug-likeness (QED) is 0.603. The third-order valence-corrected chi connectivity index (χ3v) is 4.95. The molecule has 0 bridgehead atoms. The Labute approximate surface area is 184 Å². The first-order chi connectivity index (χ1) is 14.9. The number of hydrogen-bond donors (Lipinski definition) is 1. The Morgan fingerprint density at radius 2 is 1.68 bits per heavy atom. The molecule has 0 aliphatic heterocycles. The first-order valence-electron chi connectivity index (χ1n) is 9.32. The highest BCUT2D eigenvalue weighted by molar-refractivity contribution is 6.32. The Kier molecular flexibility index (Phi) is 6.81. The summed E-state index contributed by atoms with van der Waals surface area (Å²) in [7, 11) is 4.54. The van der Waals surface area contributed by atoms with Crippen LogP contribution in [0.2, 0.25) is 5.02 Å². The normalized spacial score (nSPS) is 10.5. The van der Waals surface area contributed by atoms with Crippen molar-refractivity contribution >= 4 is 17.5 Å². The van der Waals surface area contributed by atoms with Crippen molar-refractivity contribution in [3.05, 3.63) is 74.7 Å². The average Bonchev–Trinajstić information content (AvgIpc) is 2.77. The van der Waals surface area contributed by atoms with E-state index in [0.29, 0.717) is 39.2 Å². The topological polar surface area (TPSA) is 91.7 Å². The van der Waals surface area contributed by atoms with Crippen molar-refractivity contribution < 1.29 is 19.0 Å². The molecule has 0 aliphatic carbocycles. The van der Waals surface area contributed by atoms with Crippen molar-refractivity contribution in [2.45, 2.75) is 13.5 Å². The molecule has 3 rings (SSSR count). The highest BCUT2D eigenvalue weighted by Gasteiger charge is 2.18. The highest BCUT2D eigenvalue weighted by atomic mass is 35.5. The van der Waals surface area contributed by atoms with Gasteiger partial charge in [-0.3, -0.25) is 9.59 Å². The van der Waals surface area contributed by atoms with Crippen LogP contribution in [0.3, 0.4) is 0 Å². The third kappa shape index (κ3) is 4.64. The second kappa shape index (κ2) is 9.53. The molecule has 31 heavy (non-hydrogen) atoms.